The SMILES string of the molecule is Cc1cc(F)ccc1-c1cc(C(=O)O)cs1. The maximum absolute atomic E-state index is 12.9. The molecule has 0 atom stereocenters. The lowest BCUT2D eigenvalue weighted by Crippen LogP contribution is -1.91. The van der Waals surface area contributed by atoms with Crippen LogP contribution in [-0.2, 0) is 0 Å². The van der Waals surface area contributed by atoms with E-state index in [0.717, 1.165) is 16.0 Å². The summed E-state index contributed by atoms with van der Waals surface area (Å²) in [6, 6.07) is 6.09. The van der Waals surface area contributed by atoms with Crippen LogP contribution >= 0.6 is 11.3 Å². The Hall–Kier alpha value is -1.68. The standard InChI is InChI=1S/C12H9FO2S/c1-7-4-9(13)2-3-10(7)11-5-8(6-16-11)12(14)15/h2-6H,1H3,(H,14,15). The van der Waals surface area contributed by atoms with E-state index in [-0.39, 0.29) is 11.4 Å². The van der Waals surface area contributed by atoms with E-state index in [1.165, 1.54) is 23.5 Å². The number of halogens is 1. The van der Waals surface area contributed by atoms with Gasteiger partial charge in [0.25, 0.3) is 0 Å². The van der Waals surface area contributed by atoms with E-state index in [1.807, 2.05) is 0 Å². The highest BCUT2D eigenvalue weighted by Crippen LogP contribution is 2.30. The highest BCUT2D eigenvalue weighted by Gasteiger charge is 2.09. The third-order valence-corrected chi connectivity index (χ3v) is 3.26. The van der Waals surface area contributed by atoms with E-state index in [2.05, 4.69) is 0 Å². The van der Waals surface area contributed by atoms with Gasteiger partial charge in [0.05, 0.1) is 5.56 Å². The second-order valence-electron chi connectivity index (χ2n) is 3.46. The Morgan fingerprint density at radius 2 is 2.12 bits per heavy atom. The molecule has 0 aliphatic carbocycles. The summed E-state index contributed by atoms with van der Waals surface area (Å²) in [5, 5.41) is 10.4. The van der Waals surface area contributed by atoms with Crippen molar-refractivity contribution in [2.45, 2.75) is 6.92 Å². The Kier molecular flexibility index (Phi) is 2.75. The number of aromatic carboxylic acids is 1. The van der Waals surface area contributed by atoms with Crippen molar-refractivity contribution in [3.8, 4) is 10.4 Å². The second-order valence-corrected chi connectivity index (χ2v) is 4.38. The first-order chi connectivity index (χ1) is 7.58. The number of carboxylic acids is 1. The molecule has 16 heavy (non-hydrogen) atoms. The van der Waals surface area contributed by atoms with Gasteiger partial charge in [0.15, 0.2) is 0 Å². The van der Waals surface area contributed by atoms with Gasteiger partial charge in [-0.2, -0.15) is 0 Å². The molecule has 1 aromatic heterocycles. The molecule has 1 heterocycles. The van der Waals surface area contributed by atoms with Crippen molar-refractivity contribution in [2.75, 3.05) is 0 Å². The summed E-state index contributed by atoms with van der Waals surface area (Å²) in [5.41, 5.74) is 1.95. The molecular weight excluding hydrogens is 227 g/mol. The molecule has 4 heteroatoms. The predicted octanol–water partition coefficient (Wildman–Crippen LogP) is 3.56. The van der Waals surface area contributed by atoms with Crippen LogP contribution in [-0.4, -0.2) is 11.1 Å². The zero-order valence-corrected chi connectivity index (χ0v) is 9.34. The Morgan fingerprint density at radius 3 is 2.69 bits per heavy atom. The lowest BCUT2D eigenvalue weighted by atomic mass is 10.1. The summed E-state index contributed by atoms with van der Waals surface area (Å²) in [4.78, 5) is 11.6. The van der Waals surface area contributed by atoms with E-state index >= 15 is 0 Å². The van der Waals surface area contributed by atoms with Crippen LogP contribution in [0.3, 0.4) is 0 Å². The number of hydrogen-bond acceptors (Lipinski definition) is 2. The van der Waals surface area contributed by atoms with E-state index in [9.17, 15) is 9.18 Å². The van der Waals surface area contributed by atoms with Gasteiger partial charge in [0.1, 0.15) is 5.82 Å². The largest absolute Gasteiger partial charge is 0.478 e. The summed E-state index contributed by atoms with van der Waals surface area (Å²) >= 11 is 1.35. The van der Waals surface area contributed by atoms with Crippen LogP contribution in [0.2, 0.25) is 0 Å². The van der Waals surface area contributed by atoms with Crippen molar-refractivity contribution >= 4 is 17.3 Å². The molecular formula is C12H9FO2S. The van der Waals surface area contributed by atoms with Crippen molar-refractivity contribution in [1.82, 2.24) is 0 Å². The monoisotopic (exact) mass is 236 g/mol. The van der Waals surface area contributed by atoms with Gasteiger partial charge in [-0.3, -0.25) is 0 Å². The first-order valence-electron chi connectivity index (χ1n) is 4.66. The Labute approximate surface area is 96.0 Å². The average molecular weight is 236 g/mol. The Balaban J connectivity index is 2.46. The molecule has 0 spiro atoms. The lowest BCUT2D eigenvalue weighted by Gasteiger charge is -2.02. The number of carboxylic acid groups (broad SMARTS) is 1. The maximum atomic E-state index is 12.9. The molecule has 0 radical (unpaired) electrons. The minimum Gasteiger partial charge on any atom is -0.478 e. The fourth-order valence-electron chi connectivity index (χ4n) is 1.49. The fraction of sp³-hybridized carbons (Fsp3) is 0.0833. The molecule has 0 aliphatic rings. The average Bonchev–Trinajstić information content (AvgIpc) is 2.66. The topological polar surface area (TPSA) is 37.3 Å². The zero-order chi connectivity index (χ0) is 11.7. The highest BCUT2D eigenvalue weighted by atomic mass is 32.1. The van der Waals surface area contributed by atoms with E-state index < -0.39 is 5.97 Å². The molecule has 2 rings (SSSR count). The summed E-state index contributed by atoms with van der Waals surface area (Å²) in [6.45, 7) is 1.80. The van der Waals surface area contributed by atoms with Crippen molar-refractivity contribution in [1.29, 1.82) is 0 Å². The molecule has 0 fully saturated rings. The van der Waals surface area contributed by atoms with Gasteiger partial charge in [-0.05, 0) is 36.2 Å². The molecule has 0 amide bonds. The maximum Gasteiger partial charge on any atom is 0.336 e. The minimum atomic E-state index is -0.942. The smallest absolute Gasteiger partial charge is 0.336 e. The zero-order valence-electron chi connectivity index (χ0n) is 8.53. The number of benzene rings is 1. The molecule has 0 saturated heterocycles. The quantitative estimate of drug-likeness (QED) is 0.865. The van der Waals surface area contributed by atoms with Crippen molar-refractivity contribution in [2.24, 2.45) is 0 Å². The van der Waals surface area contributed by atoms with Gasteiger partial charge in [0.2, 0.25) is 0 Å². The van der Waals surface area contributed by atoms with Crippen LogP contribution in [0.4, 0.5) is 4.39 Å². The van der Waals surface area contributed by atoms with Gasteiger partial charge in [-0.25, -0.2) is 9.18 Å². The van der Waals surface area contributed by atoms with Crippen molar-refractivity contribution in [3.05, 3.63) is 46.6 Å². The third kappa shape index (κ3) is 1.97. The van der Waals surface area contributed by atoms with Crippen LogP contribution < -0.4 is 0 Å². The Morgan fingerprint density at radius 1 is 1.38 bits per heavy atom. The molecule has 0 saturated carbocycles. The van der Waals surface area contributed by atoms with Gasteiger partial charge in [-0.15, -0.1) is 11.3 Å². The number of thiophene rings is 1. The van der Waals surface area contributed by atoms with Gasteiger partial charge < -0.3 is 5.11 Å². The number of carbonyl (C=O) groups is 1. The first kappa shape index (κ1) is 10.8. The van der Waals surface area contributed by atoms with Gasteiger partial charge in [0, 0.05) is 10.3 Å². The van der Waals surface area contributed by atoms with Crippen LogP contribution in [0.5, 0.6) is 0 Å². The fourth-order valence-corrected chi connectivity index (χ4v) is 2.47. The molecule has 0 aliphatic heterocycles. The van der Waals surface area contributed by atoms with Crippen LogP contribution in [0.1, 0.15) is 15.9 Å². The molecule has 82 valence electrons. The lowest BCUT2D eigenvalue weighted by molar-refractivity contribution is 0.0697. The van der Waals surface area contributed by atoms with Crippen LogP contribution in [0.25, 0.3) is 10.4 Å². The summed E-state index contributed by atoms with van der Waals surface area (Å²) in [7, 11) is 0. The van der Waals surface area contributed by atoms with Crippen LogP contribution in [0, 0.1) is 12.7 Å². The number of aryl methyl sites for hydroxylation is 1. The van der Waals surface area contributed by atoms with Gasteiger partial charge in [-0.1, -0.05) is 6.07 Å². The van der Waals surface area contributed by atoms with E-state index in [4.69, 9.17) is 5.11 Å². The molecule has 2 aromatic rings. The third-order valence-electron chi connectivity index (χ3n) is 2.30. The molecule has 1 N–H and O–H groups in total. The van der Waals surface area contributed by atoms with E-state index in [1.54, 1.807) is 24.4 Å². The van der Waals surface area contributed by atoms with Crippen LogP contribution in [0.15, 0.2) is 29.6 Å². The summed E-state index contributed by atoms with van der Waals surface area (Å²) in [5.74, 6) is -1.22. The molecule has 0 unspecified atom stereocenters. The van der Waals surface area contributed by atoms with Crippen molar-refractivity contribution in [3.63, 3.8) is 0 Å². The molecule has 1 aromatic carbocycles. The molecule has 2 nitrogen and oxygen atoms in total. The predicted molar refractivity (Wildman–Crippen MR) is 61.4 cm³/mol. The Bertz CT molecular complexity index is 546. The molecule has 0 bridgehead atoms. The summed E-state index contributed by atoms with van der Waals surface area (Å²) in [6.07, 6.45) is 0. The van der Waals surface area contributed by atoms with Gasteiger partial charge >= 0.3 is 5.97 Å². The number of rotatable bonds is 2. The minimum absolute atomic E-state index is 0.267. The normalized spacial score (nSPS) is 10.4. The second kappa shape index (κ2) is 4.06. The first-order valence-corrected chi connectivity index (χ1v) is 5.54. The van der Waals surface area contributed by atoms with E-state index in [0.29, 0.717) is 0 Å². The van der Waals surface area contributed by atoms with Crippen molar-refractivity contribution < 1.29 is 14.3 Å². The highest BCUT2D eigenvalue weighted by molar-refractivity contribution is 7.13. The summed E-state index contributed by atoms with van der Waals surface area (Å²) < 4.78 is 12.9. The number of hydrogen-bond donors (Lipinski definition) is 1.